The molecule has 0 aliphatic carbocycles. The van der Waals surface area contributed by atoms with E-state index < -0.39 is 0 Å². The average Bonchev–Trinajstić information content (AvgIpc) is 2.57. The van der Waals surface area contributed by atoms with Crippen molar-refractivity contribution < 1.29 is 0 Å². The molecule has 0 aliphatic heterocycles. The molecule has 1 heterocycles. The SMILES string of the molecule is Cc1cccc(-c2csc(N)n2)c1C. The van der Waals surface area contributed by atoms with Crippen LogP contribution in [0.15, 0.2) is 23.6 Å². The summed E-state index contributed by atoms with van der Waals surface area (Å²) in [6.45, 7) is 4.22. The average molecular weight is 204 g/mol. The standard InChI is InChI=1S/C11H12N2S/c1-7-4-3-5-9(8(7)2)10-6-14-11(12)13-10/h3-6H,1-2H3,(H2,12,13). The molecule has 0 fully saturated rings. The van der Waals surface area contributed by atoms with Crippen molar-refractivity contribution in [2.75, 3.05) is 5.73 Å². The summed E-state index contributed by atoms with van der Waals surface area (Å²) in [6.07, 6.45) is 0. The fourth-order valence-corrected chi connectivity index (χ4v) is 2.00. The molecule has 1 aromatic heterocycles. The molecule has 0 unspecified atom stereocenters. The lowest BCUT2D eigenvalue weighted by molar-refractivity contribution is 1.31. The van der Waals surface area contributed by atoms with Gasteiger partial charge in [-0.25, -0.2) is 4.98 Å². The summed E-state index contributed by atoms with van der Waals surface area (Å²) in [6, 6.07) is 6.23. The summed E-state index contributed by atoms with van der Waals surface area (Å²) >= 11 is 1.48. The minimum atomic E-state index is 0.626. The van der Waals surface area contributed by atoms with Gasteiger partial charge in [-0.05, 0) is 25.0 Å². The molecule has 1 aromatic carbocycles. The van der Waals surface area contributed by atoms with Gasteiger partial charge in [0.1, 0.15) is 0 Å². The number of hydrogen-bond acceptors (Lipinski definition) is 3. The minimum Gasteiger partial charge on any atom is -0.375 e. The second-order valence-electron chi connectivity index (χ2n) is 3.32. The number of thiazole rings is 1. The van der Waals surface area contributed by atoms with Crippen LogP contribution >= 0.6 is 11.3 Å². The van der Waals surface area contributed by atoms with Crippen LogP contribution in [0.5, 0.6) is 0 Å². The quantitative estimate of drug-likeness (QED) is 0.775. The van der Waals surface area contributed by atoms with E-state index in [4.69, 9.17) is 5.73 Å². The highest BCUT2D eigenvalue weighted by molar-refractivity contribution is 7.13. The van der Waals surface area contributed by atoms with E-state index in [1.807, 2.05) is 11.4 Å². The number of aryl methyl sites for hydroxylation is 1. The molecule has 72 valence electrons. The van der Waals surface area contributed by atoms with Gasteiger partial charge in [-0.2, -0.15) is 0 Å². The molecule has 0 bridgehead atoms. The lowest BCUT2D eigenvalue weighted by Crippen LogP contribution is -1.88. The predicted molar refractivity (Wildman–Crippen MR) is 61.4 cm³/mol. The number of nitrogens with zero attached hydrogens (tertiary/aromatic N) is 1. The Labute approximate surface area is 87.4 Å². The number of aromatic nitrogens is 1. The van der Waals surface area contributed by atoms with Crippen molar-refractivity contribution in [3.05, 3.63) is 34.7 Å². The topological polar surface area (TPSA) is 38.9 Å². The van der Waals surface area contributed by atoms with Crippen LogP contribution in [0.4, 0.5) is 5.13 Å². The molecule has 3 heteroatoms. The Morgan fingerprint density at radius 2 is 2.07 bits per heavy atom. The zero-order chi connectivity index (χ0) is 10.1. The van der Waals surface area contributed by atoms with E-state index >= 15 is 0 Å². The van der Waals surface area contributed by atoms with E-state index in [1.54, 1.807) is 0 Å². The number of anilines is 1. The van der Waals surface area contributed by atoms with E-state index in [1.165, 1.54) is 28.0 Å². The number of rotatable bonds is 1. The third kappa shape index (κ3) is 1.51. The molecule has 14 heavy (non-hydrogen) atoms. The van der Waals surface area contributed by atoms with Gasteiger partial charge in [0, 0.05) is 10.9 Å². The zero-order valence-electron chi connectivity index (χ0n) is 8.24. The molecule has 2 N–H and O–H groups in total. The fraction of sp³-hybridized carbons (Fsp3) is 0.182. The predicted octanol–water partition coefficient (Wildman–Crippen LogP) is 3.01. The summed E-state index contributed by atoms with van der Waals surface area (Å²) in [5.74, 6) is 0. The van der Waals surface area contributed by atoms with Gasteiger partial charge in [-0.3, -0.25) is 0 Å². The summed E-state index contributed by atoms with van der Waals surface area (Å²) in [5, 5.41) is 2.62. The van der Waals surface area contributed by atoms with Crippen LogP contribution in [0.3, 0.4) is 0 Å². The van der Waals surface area contributed by atoms with E-state index in [2.05, 4.69) is 31.0 Å². The van der Waals surface area contributed by atoms with Gasteiger partial charge in [0.15, 0.2) is 5.13 Å². The Morgan fingerprint density at radius 3 is 2.71 bits per heavy atom. The van der Waals surface area contributed by atoms with Crippen LogP contribution in [-0.2, 0) is 0 Å². The van der Waals surface area contributed by atoms with Gasteiger partial charge in [0.05, 0.1) is 5.69 Å². The molecule has 0 saturated carbocycles. The van der Waals surface area contributed by atoms with E-state index in [0.717, 1.165) is 5.69 Å². The number of hydrogen-bond donors (Lipinski definition) is 1. The summed E-state index contributed by atoms with van der Waals surface area (Å²) in [4.78, 5) is 4.28. The second kappa shape index (κ2) is 3.42. The Hall–Kier alpha value is -1.35. The molecule has 0 amide bonds. The molecule has 2 nitrogen and oxygen atoms in total. The third-order valence-corrected chi connectivity index (χ3v) is 3.08. The lowest BCUT2D eigenvalue weighted by Gasteiger charge is -2.04. The normalized spacial score (nSPS) is 10.4. The van der Waals surface area contributed by atoms with Crippen molar-refractivity contribution >= 4 is 16.5 Å². The maximum Gasteiger partial charge on any atom is 0.180 e. The Morgan fingerprint density at radius 1 is 1.29 bits per heavy atom. The van der Waals surface area contributed by atoms with Gasteiger partial charge < -0.3 is 5.73 Å². The Kier molecular flexibility index (Phi) is 2.25. The first-order valence-corrected chi connectivity index (χ1v) is 5.34. The molecule has 2 aromatic rings. The summed E-state index contributed by atoms with van der Waals surface area (Å²) in [7, 11) is 0. The number of nitrogen functional groups attached to an aromatic ring is 1. The number of benzene rings is 1. The van der Waals surface area contributed by atoms with Gasteiger partial charge in [-0.1, -0.05) is 18.2 Å². The van der Waals surface area contributed by atoms with Crippen LogP contribution in [0.25, 0.3) is 11.3 Å². The van der Waals surface area contributed by atoms with Crippen LogP contribution in [0, 0.1) is 13.8 Å². The van der Waals surface area contributed by atoms with E-state index in [9.17, 15) is 0 Å². The van der Waals surface area contributed by atoms with Crippen molar-refractivity contribution in [3.63, 3.8) is 0 Å². The molecule has 0 saturated heterocycles. The smallest absolute Gasteiger partial charge is 0.180 e. The number of nitrogens with two attached hydrogens (primary N) is 1. The molecule has 2 rings (SSSR count). The highest BCUT2D eigenvalue weighted by Gasteiger charge is 2.06. The fourth-order valence-electron chi connectivity index (χ4n) is 1.44. The molecule has 0 atom stereocenters. The Bertz CT molecular complexity index is 460. The third-order valence-electron chi connectivity index (χ3n) is 2.40. The molecule has 0 radical (unpaired) electrons. The minimum absolute atomic E-state index is 0.626. The summed E-state index contributed by atoms with van der Waals surface area (Å²) in [5.41, 5.74) is 10.3. The zero-order valence-corrected chi connectivity index (χ0v) is 9.06. The van der Waals surface area contributed by atoms with Crippen molar-refractivity contribution in [1.29, 1.82) is 0 Å². The van der Waals surface area contributed by atoms with Crippen LogP contribution in [0.1, 0.15) is 11.1 Å². The second-order valence-corrected chi connectivity index (χ2v) is 4.21. The highest BCUT2D eigenvalue weighted by atomic mass is 32.1. The van der Waals surface area contributed by atoms with Gasteiger partial charge >= 0.3 is 0 Å². The van der Waals surface area contributed by atoms with Crippen LogP contribution in [0.2, 0.25) is 0 Å². The largest absolute Gasteiger partial charge is 0.375 e. The first-order valence-electron chi connectivity index (χ1n) is 4.46. The first kappa shape index (κ1) is 9.21. The highest BCUT2D eigenvalue weighted by Crippen LogP contribution is 2.27. The lowest BCUT2D eigenvalue weighted by atomic mass is 10.0. The van der Waals surface area contributed by atoms with Gasteiger partial charge in [0.2, 0.25) is 0 Å². The van der Waals surface area contributed by atoms with Crippen molar-refractivity contribution in [1.82, 2.24) is 4.98 Å². The summed E-state index contributed by atoms with van der Waals surface area (Å²) < 4.78 is 0. The molecular formula is C11H12N2S. The van der Waals surface area contributed by atoms with Crippen molar-refractivity contribution in [2.45, 2.75) is 13.8 Å². The van der Waals surface area contributed by atoms with E-state index in [-0.39, 0.29) is 0 Å². The van der Waals surface area contributed by atoms with Gasteiger partial charge in [-0.15, -0.1) is 11.3 Å². The van der Waals surface area contributed by atoms with Crippen molar-refractivity contribution in [3.8, 4) is 11.3 Å². The maximum atomic E-state index is 5.61. The molecule has 0 aliphatic rings. The first-order chi connectivity index (χ1) is 6.68. The Balaban J connectivity index is 2.57. The molecular weight excluding hydrogens is 192 g/mol. The van der Waals surface area contributed by atoms with Gasteiger partial charge in [0.25, 0.3) is 0 Å². The van der Waals surface area contributed by atoms with Crippen LogP contribution in [-0.4, -0.2) is 4.98 Å². The van der Waals surface area contributed by atoms with E-state index in [0.29, 0.717) is 5.13 Å². The maximum absolute atomic E-state index is 5.61. The van der Waals surface area contributed by atoms with Crippen molar-refractivity contribution in [2.24, 2.45) is 0 Å². The monoisotopic (exact) mass is 204 g/mol. The molecule has 0 spiro atoms. The van der Waals surface area contributed by atoms with Crippen LogP contribution < -0.4 is 5.73 Å².